The molecule has 0 amide bonds. The van der Waals surface area contributed by atoms with Crippen molar-refractivity contribution in [1.82, 2.24) is 5.32 Å². The first-order valence-electron chi connectivity index (χ1n) is 6.68. The summed E-state index contributed by atoms with van der Waals surface area (Å²) in [6, 6.07) is 9.42. The van der Waals surface area contributed by atoms with E-state index in [0.717, 1.165) is 13.1 Å². The lowest BCUT2D eigenvalue weighted by molar-refractivity contribution is 0.643. The predicted molar refractivity (Wildman–Crippen MR) is 82.7 cm³/mol. The number of nitrogens with zero attached hydrogens (tertiary/aromatic N) is 1. The van der Waals surface area contributed by atoms with Crippen LogP contribution in [0.2, 0.25) is 0 Å². The first kappa shape index (κ1) is 13.8. The lowest BCUT2D eigenvalue weighted by atomic mass is 10.1. The Bertz CT molecular complexity index is 386. The summed E-state index contributed by atoms with van der Waals surface area (Å²) in [6.45, 7) is 9.16. The van der Waals surface area contributed by atoms with E-state index in [2.05, 4.69) is 67.0 Å². The molecule has 0 spiro atoms. The Balaban J connectivity index is 2.09. The molecule has 0 saturated carbocycles. The normalized spacial score (nSPS) is 20.8. The summed E-state index contributed by atoms with van der Waals surface area (Å²) in [6.07, 6.45) is 0. The van der Waals surface area contributed by atoms with Gasteiger partial charge in [0.2, 0.25) is 0 Å². The molecule has 1 fully saturated rings. The Morgan fingerprint density at radius 3 is 2.50 bits per heavy atom. The van der Waals surface area contributed by atoms with Crippen molar-refractivity contribution in [3.05, 3.63) is 29.8 Å². The molecule has 2 nitrogen and oxygen atoms in total. The standard InChI is InChI=1S/C15H24N2S/c1-12(16-4)13-5-7-14(8-6-13)17-9-10-18-15(2,3)11-17/h5-8,12,16H,9-11H2,1-4H3. The zero-order valence-corrected chi connectivity index (χ0v) is 12.7. The van der Waals surface area contributed by atoms with E-state index in [1.54, 1.807) is 0 Å². The highest BCUT2D eigenvalue weighted by molar-refractivity contribution is 8.00. The molecule has 1 aromatic carbocycles. The molecule has 0 radical (unpaired) electrons. The molecule has 0 aliphatic carbocycles. The third kappa shape index (κ3) is 3.21. The molecule has 1 aliphatic rings. The smallest absolute Gasteiger partial charge is 0.0367 e. The molecule has 1 heterocycles. The molecular formula is C15H24N2S. The lowest BCUT2D eigenvalue weighted by Crippen LogP contribution is -2.43. The van der Waals surface area contributed by atoms with Crippen LogP contribution in [0.5, 0.6) is 0 Å². The minimum absolute atomic E-state index is 0.370. The van der Waals surface area contributed by atoms with Gasteiger partial charge in [-0.25, -0.2) is 0 Å². The highest BCUT2D eigenvalue weighted by Crippen LogP contribution is 2.32. The van der Waals surface area contributed by atoms with Crippen molar-refractivity contribution in [2.24, 2.45) is 0 Å². The highest BCUT2D eigenvalue weighted by Gasteiger charge is 2.27. The van der Waals surface area contributed by atoms with Crippen molar-refractivity contribution in [2.45, 2.75) is 31.6 Å². The van der Waals surface area contributed by atoms with Gasteiger partial charge in [0, 0.05) is 35.3 Å². The van der Waals surface area contributed by atoms with E-state index in [0.29, 0.717) is 10.8 Å². The fraction of sp³-hybridized carbons (Fsp3) is 0.600. The quantitative estimate of drug-likeness (QED) is 0.902. The number of hydrogen-bond donors (Lipinski definition) is 1. The van der Waals surface area contributed by atoms with Crippen LogP contribution in [0.25, 0.3) is 0 Å². The van der Waals surface area contributed by atoms with E-state index in [1.165, 1.54) is 17.0 Å². The van der Waals surface area contributed by atoms with Crippen LogP contribution in [-0.4, -0.2) is 30.6 Å². The van der Waals surface area contributed by atoms with Crippen LogP contribution < -0.4 is 10.2 Å². The number of hydrogen-bond acceptors (Lipinski definition) is 3. The minimum atomic E-state index is 0.370. The molecule has 1 N–H and O–H groups in total. The molecule has 1 saturated heterocycles. The van der Waals surface area contributed by atoms with Crippen molar-refractivity contribution in [2.75, 3.05) is 30.8 Å². The summed E-state index contributed by atoms with van der Waals surface area (Å²) >= 11 is 2.08. The van der Waals surface area contributed by atoms with Crippen LogP contribution >= 0.6 is 11.8 Å². The van der Waals surface area contributed by atoms with Gasteiger partial charge in [-0.05, 0) is 45.5 Å². The summed E-state index contributed by atoms with van der Waals surface area (Å²) in [5, 5.41) is 3.28. The van der Waals surface area contributed by atoms with Crippen LogP contribution in [0, 0.1) is 0 Å². The third-order valence-corrected chi connectivity index (χ3v) is 4.91. The van der Waals surface area contributed by atoms with Crippen LogP contribution in [0.4, 0.5) is 5.69 Å². The van der Waals surface area contributed by atoms with E-state index >= 15 is 0 Å². The Morgan fingerprint density at radius 1 is 1.28 bits per heavy atom. The predicted octanol–water partition coefficient (Wildman–Crippen LogP) is 3.30. The Hall–Kier alpha value is -0.670. The second-order valence-electron chi connectivity index (χ2n) is 5.63. The Labute approximate surface area is 115 Å². The average molecular weight is 264 g/mol. The topological polar surface area (TPSA) is 15.3 Å². The second kappa shape index (κ2) is 5.54. The zero-order chi connectivity index (χ0) is 13.2. The summed E-state index contributed by atoms with van der Waals surface area (Å²) in [4.78, 5) is 2.50. The first-order valence-corrected chi connectivity index (χ1v) is 7.66. The van der Waals surface area contributed by atoms with Gasteiger partial charge in [0.05, 0.1) is 0 Å². The van der Waals surface area contributed by atoms with Crippen LogP contribution in [0.3, 0.4) is 0 Å². The first-order chi connectivity index (χ1) is 8.52. The van der Waals surface area contributed by atoms with Gasteiger partial charge in [-0.2, -0.15) is 11.8 Å². The summed E-state index contributed by atoms with van der Waals surface area (Å²) in [7, 11) is 2.00. The molecule has 0 aromatic heterocycles. The molecule has 0 bridgehead atoms. The molecule has 18 heavy (non-hydrogen) atoms. The van der Waals surface area contributed by atoms with Gasteiger partial charge in [-0.15, -0.1) is 0 Å². The zero-order valence-electron chi connectivity index (χ0n) is 11.9. The molecule has 3 heteroatoms. The van der Waals surface area contributed by atoms with Crippen LogP contribution in [-0.2, 0) is 0 Å². The van der Waals surface area contributed by atoms with E-state index < -0.39 is 0 Å². The minimum Gasteiger partial charge on any atom is -0.369 e. The van der Waals surface area contributed by atoms with E-state index in [1.807, 2.05) is 7.05 Å². The molecule has 2 rings (SSSR count). The number of anilines is 1. The summed E-state index contributed by atoms with van der Waals surface area (Å²) in [5.41, 5.74) is 2.71. The maximum absolute atomic E-state index is 3.28. The molecule has 1 atom stereocenters. The molecular weight excluding hydrogens is 240 g/mol. The fourth-order valence-electron chi connectivity index (χ4n) is 2.38. The van der Waals surface area contributed by atoms with Gasteiger partial charge in [-0.1, -0.05) is 12.1 Å². The maximum Gasteiger partial charge on any atom is 0.0367 e. The Morgan fingerprint density at radius 2 is 1.94 bits per heavy atom. The molecule has 1 unspecified atom stereocenters. The van der Waals surface area contributed by atoms with Crippen molar-refractivity contribution < 1.29 is 0 Å². The monoisotopic (exact) mass is 264 g/mol. The Kier molecular flexibility index (Phi) is 4.23. The van der Waals surface area contributed by atoms with Gasteiger partial charge in [0.25, 0.3) is 0 Å². The van der Waals surface area contributed by atoms with Gasteiger partial charge in [-0.3, -0.25) is 0 Å². The van der Waals surface area contributed by atoms with E-state index in [9.17, 15) is 0 Å². The molecule has 100 valence electrons. The number of benzene rings is 1. The van der Waals surface area contributed by atoms with Gasteiger partial charge >= 0.3 is 0 Å². The summed E-state index contributed by atoms with van der Waals surface area (Å²) < 4.78 is 0.370. The highest BCUT2D eigenvalue weighted by atomic mass is 32.2. The van der Waals surface area contributed by atoms with Gasteiger partial charge < -0.3 is 10.2 Å². The number of rotatable bonds is 3. The van der Waals surface area contributed by atoms with Crippen molar-refractivity contribution >= 4 is 17.4 Å². The lowest BCUT2D eigenvalue weighted by Gasteiger charge is -2.39. The summed E-state index contributed by atoms with van der Waals surface area (Å²) in [5.74, 6) is 1.22. The molecule has 1 aromatic rings. The number of thioether (sulfide) groups is 1. The second-order valence-corrected chi connectivity index (χ2v) is 7.43. The fourth-order valence-corrected chi connectivity index (χ4v) is 3.49. The van der Waals surface area contributed by atoms with Crippen molar-refractivity contribution in [1.29, 1.82) is 0 Å². The third-order valence-electron chi connectivity index (χ3n) is 3.62. The number of nitrogens with one attached hydrogen (secondary N) is 1. The van der Waals surface area contributed by atoms with Crippen molar-refractivity contribution in [3.8, 4) is 0 Å². The van der Waals surface area contributed by atoms with Crippen LogP contribution in [0.1, 0.15) is 32.4 Å². The largest absolute Gasteiger partial charge is 0.369 e. The maximum atomic E-state index is 3.28. The SMILES string of the molecule is CNC(C)c1ccc(N2CCSC(C)(C)C2)cc1. The van der Waals surface area contributed by atoms with Gasteiger partial charge in [0.1, 0.15) is 0 Å². The molecule has 1 aliphatic heterocycles. The van der Waals surface area contributed by atoms with Crippen LogP contribution in [0.15, 0.2) is 24.3 Å². The van der Waals surface area contributed by atoms with Crippen molar-refractivity contribution in [3.63, 3.8) is 0 Å². The van der Waals surface area contributed by atoms with E-state index in [4.69, 9.17) is 0 Å². The average Bonchev–Trinajstić information content (AvgIpc) is 2.37. The van der Waals surface area contributed by atoms with E-state index in [-0.39, 0.29) is 0 Å². The van der Waals surface area contributed by atoms with Gasteiger partial charge in [0.15, 0.2) is 0 Å².